The van der Waals surface area contributed by atoms with Crippen LogP contribution in [0.25, 0.3) is 0 Å². The van der Waals surface area contributed by atoms with E-state index in [1.165, 1.54) is 18.2 Å². The van der Waals surface area contributed by atoms with Gasteiger partial charge in [-0.05, 0) is 6.07 Å². The Kier molecular flexibility index (Phi) is 2.73. The minimum Gasteiger partial charge on any atom is -0.364 e. The van der Waals surface area contributed by atoms with Crippen LogP contribution in [0, 0.1) is 0 Å². The fourth-order valence-corrected chi connectivity index (χ4v) is 0.855. The molecule has 0 aliphatic heterocycles. The largest absolute Gasteiger partial charge is 0.364 e. The van der Waals surface area contributed by atoms with E-state index in [-0.39, 0.29) is 11.1 Å². The zero-order valence-electron chi connectivity index (χ0n) is 6.11. The molecule has 1 rings (SSSR count). The van der Waals surface area contributed by atoms with Gasteiger partial charge in [-0.25, -0.2) is 8.78 Å². The second kappa shape index (κ2) is 3.60. The van der Waals surface area contributed by atoms with Crippen LogP contribution in [0.4, 0.5) is 8.78 Å². The number of halogens is 2. The minimum absolute atomic E-state index is 0.0767. The number of hydrogen-bond acceptors (Lipinski definition) is 2. The van der Waals surface area contributed by atoms with Crippen molar-refractivity contribution >= 4 is 0 Å². The maximum Gasteiger partial charge on any atom is 0.263 e. The Hall–Kier alpha value is -1.00. The highest BCUT2D eigenvalue weighted by atomic mass is 19.3. The van der Waals surface area contributed by atoms with Gasteiger partial charge in [0.05, 0.1) is 0 Å². The summed E-state index contributed by atoms with van der Waals surface area (Å²) in [6.45, 7) is 0. The van der Waals surface area contributed by atoms with Crippen molar-refractivity contribution in [1.29, 1.82) is 0 Å². The number of benzene rings is 1. The first-order chi connectivity index (χ1) is 5.61. The molecule has 0 bridgehead atoms. The molecule has 0 heterocycles. The molecule has 4 heteroatoms. The van der Waals surface area contributed by atoms with Crippen molar-refractivity contribution in [2.24, 2.45) is 0 Å². The summed E-state index contributed by atoms with van der Waals surface area (Å²) < 4.78 is 24.1. The lowest BCUT2D eigenvalue weighted by Gasteiger charge is -2.05. The van der Waals surface area contributed by atoms with Crippen LogP contribution in [0.15, 0.2) is 24.3 Å². The van der Waals surface area contributed by atoms with E-state index < -0.39 is 12.7 Å². The van der Waals surface area contributed by atoms with Gasteiger partial charge in [0.2, 0.25) is 0 Å². The lowest BCUT2D eigenvalue weighted by atomic mass is 10.1. The van der Waals surface area contributed by atoms with Crippen LogP contribution in [0.3, 0.4) is 0 Å². The molecule has 0 saturated heterocycles. The zero-order valence-corrected chi connectivity index (χ0v) is 6.11. The third-order valence-corrected chi connectivity index (χ3v) is 1.46. The predicted octanol–water partition coefficient (Wildman–Crippen LogP) is 1.61. The van der Waals surface area contributed by atoms with Crippen molar-refractivity contribution in [1.82, 2.24) is 0 Å². The first-order valence-electron chi connectivity index (χ1n) is 3.35. The molecule has 0 fully saturated rings. The summed E-state index contributed by atoms with van der Waals surface area (Å²) in [6.07, 6.45) is -4.27. The molecule has 0 aliphatic carbocycles. The summed E-state index contributed by atoms with van der Waals surface area (Å²) in [6, 6.07) is 5.03. The lowest BCUT2D eigenvalue weighted by Crippen LogP contribution is -1.95. The van der Waals surface area contributed by atoms with Gasteiger partial charge in [-0.15, -0.1) is 0 Å². The Bertz CT molecular complexity index is 238. The zero-order chi connectivity index (χ0) is 9.14. The van der Waals surface area contributed by atoms with Gasteiger partial charge in [0.1, 0.15) is 0 Å². The summed E-state index contributed by atoms with van der Waals surface area (Å²) >= 11 is 0. The maximum atomic E-state index is 12.0. The van der Waals surface area contributed by atoms with Gasteiger partial charge in [0.25, 0.3) is 6.43 Å². The molecular formula is C8H8F2O2. The Balaban J connectivity index is 2.96. The molecule has 0 aromatic heterocycles. The third kappa shape index (κ3) is 1.99. The van der Waals surface area contributed by atoms with E-state index in [2.05, 4.69) is 0 Å². The second-order valence-electron chi connectivity index (χ2n) is 2.34. The molecule has 0 aliphatic rings. The molecule has 0 unspecified atom stereocenters. The standard InChI is InChI=1S/C8H8F2O2/c9-7(10)5-2-1-3-6(4-5)8(11)12/h1-4,7-8,11-12H. The first kappa shape index (κ1) is 9.09. The maximum absolute atomic E-state index is 12.0. The van der Waals surface area contributed by atoms with Crippen molar-refractivity contribution in [2.75, 3.05) is 0 Å². The average molecular weight is 174 g/mol. The van der Waals surface area contributed by atoms with Crippen LogP contribution < -0.4 is 0 Å². The molecule has 0 atom stereocenters. The van der Waals surface area contributed by atoms with Crippen LogP contribution >= 0.6 is 0 Å². The molecular weight excluding hydrogens is 166 g/mol. The van der Waals surface area contributed by atoms with Crippen LogP contribution in [-0.2, 0) is 0 Å². The van der Waals surface area contributed by atoms with Gasteiger partial charge >= 0.3 is 0 Å². The number of aliphatic hydroxyl groups is 2. The number of rotatable bonds is 2. The van der Waals surface area contributed by atoms with E-state index in [1.807, 2.05) is 0 Å². The summed E-state index contributed by atoms with van der Waals surface area (Å²) in [5.74, 6) is 0. The molecule has 0 amide bonds. The number of aliphatic hydroxyl groups excluding tert-OH is 1. The van der Waals surface area contributed by atoms with E-state index in [4.69, 9.17) is 10.2 Å². The Labute approximate surface area is 68.1 Å². The lowest BCUT2D eigenvalue weighted by molar-refractivity contribution is -0.0426. The minimum atomic E-state index is -2.58. The van der Waals surface area contributed by atoms with Crippen LogP contribution in [0.2, 0.25) is 0 Å². The summed E-state index contributed by atoms with van der Waals surface area (Å²) in [5.41, 5.74) is -0.131. The third-order valence-electron chi connectivity index (χ3n) is 1.46. The van der Waals surface area contributed by atoms with Crippen molar-refractivity contribution < 1.29 is 19.0 Å². The monoisotopic (exact) mass is 174 g/mol. The summed E-state index contributed by atoms with van der Waals surface area (Å²) in [5, 5.41) is 17.3. The summed E-state index contributed by atoms with van der Waals surface area (Å²) in [7, 11) is 0. The van der Waals surface area contributed by atoms with Gasteiger partial charge in [0.15, 0.2) is 6.29 Å². The Morgan fingerprint density at radius 2 is 1.67 bits per heavy atom. The van der Waals surface area contributed by atoms with E-state index in [0.29, 0.717) is 0 Å². The molecule has 1 aromatic carbocycles. The molecule has 2 nitrogen and oxygen atoms in total. The molecule has 1 aromatic rings. The molecule has 12 heavy (non-hydrogen) atoms. The Morgan fingerprint density at radius 3 is 2.17 bits per heavy atom. The topological polar surface area (TPSA) is 40.5 Å². The van der Waals surface area contributed by atoms with Crippen molar-refractivity contribution in [3.8, 4) is 0 Å². The van der Waals surface area contributed by atoms with E-state index >= 15 is 0 Å². The fourth-order valence-electron chi connectivity index (χ4n) is 0.855. The van der Waals surface area contributed by atoms with Crippen LogP contribution in [0.1, 0.15) is 23.8 Å². The SMILES string of the molecule is OC(O)c1cccc(C(F)F)c1. The van der Waals surface area contributed by atoms with E-state index in [0.717, 1.165) is 6.07 Å². The normalized spacial score (nSPS) is 11.2. The quantitative estimate of drug-likeness (QED) is 0.668. The van der Waals surface area contributed by atoms with E-state index in [9.17, 15) is 8.78 Å². The highest BCUT2D eigenvalue weighted by Gasteiger charge is 2.09. The van der Waals surface area contributed by atoms with Crippen LogP contribution in [0.5, 0.6) is 0 Å². The molecule has 0 spiro atoms. The average Bonchev–Trinajstić information content (AvgIpc) is 2.04. The highest BCUT2D eigenvalue weighted by molar-refractivity contribution is 5.24. The first-order valence-corrected chi connectivity index (χ1v) is 3.35. The van der Waals surface area contributed by atoms with Crippen molar-refractivity contribution in [3.63, 3.8) is 0 Å². The number of alkyl halides is 2. The second-order valence-corrected chi connectivity index (χ2v) is 2.34. The fraction of sp³-hybridized carbons (Fsp3) is 0.250. The molecule has 0 saturated carbocycles. The number of hydrogen-bond donors (Lipinski definition) is 2. The van der Waals surface area contributed by atoms with Crippen molar-refractivity contribution in [3.05, 3.63) is 35.4 Å². The molecule has 66 valence electrons. The van der Waals surface area contributed by atoms with Gasteiger partial charge < -0.3 is 10.2 Å². The Morgan fingerprint density at radius 1 is 1.08 bits per heavy atom. The molecule has 2 N–H and O–H groups in total. The van der Waals surface area contributed by atoms with Gasteiger partial charge in [-0.3, -0.25) is 0 Å². The van der Waals surface area contributed by atoms with Crippen LogP contribution in [-0.4, -0.2) is 10.2 Å². The highest BCUT2D eigenvalue weighted by Crippen LogP contribution is 2.21. The van der Waals surface area contributed by atoms with Gasteiger partial charge in [0, 0.05) is 11.1 Å². The van der Waals surface area contributed by atoms with Gasteiger partial charge in [-0.2, -0.15) is 0 Å². The van der Waals surface area contributed by atoms with Crippen molar-refractivity contribution in [2.45, 2.75) is 12.7 Å². The van der Waals surface area contributed by atoms with E-state index in [1.54, 1.807) is 0 Å². The summed E-state index contributed by atoms with van der Waals surface area (Å²) in [4.78, 5) is 0. The molecule has 0 radical (unpaired) electrons. The smallest absolute Gasteiger partial charge is 0.263 e. The predicted molar refractivity (Wildman–Crippen MR) is 38.6 cm³/mol. The van der Waals surface area contributed by atoms with Gasteiger partial charge in [-0.1, -0.05) is 18.2 Å².